The highest BCUT2D eigenvalue weighted by Gasteiger charge is 2.32. The molecule has 0 aliphatic carbocycles. The summed E-state index contributed by atoms with van der Waals surface area (Å²) in [5.74, 6) is 0.0633. The third-order valence-corrected chi connectivity index (χ3v) is 5.83. The first-order valence-electron chi connectivity index (χ1n) is 10.0. The van der Waals surface area contributed by atoms with Gasteiger partial charge in [0.1, 0.15) is 0 Å². The van der Waals surface area contributed by atoms with E-state index in [2.05, 4.69) is 35.0 Å². The minimum Gasteiger partial charge on any atom is -0.371 e. The number of nitriles is 1. The Hall–Kier alpha value is -2.84. The highest BCUT2D eigenvalue weighted by Crippen LogP contribution is 2.31. The number of anilines is 1. The topological polar surface area (TPSA) is 50.6 Å². The van der Waals surface area contributed by atoms with Crippen molar-refractivity contribution in [3.63, 3.8) is 0 Å². The summed E-state index contributed by atoms with van der Waals surface area (Å²) in [7, 11) is 2.11. The molecule has 28 heavy (non-hydrogen) atoms. The fourth-order valence-electron chi connectivity index (χ4n) is 4.28. The van der Waals surface area contributed by atoms with E-state index in [1.807, 2.05) is 35.2 Å². The van der Waals surface area contributed by atoms with Crippen molar-refractivity contribution in [1.82, 2.24) is 9.80 Å². The molecule has 2 aromatic carbocycles. The van der Waals surface area contributed by atoms with Crippen molar-refractivity contribution >= 4 is 11.6 Å². The molecule has 2 aliphatic heterocycles. The Labute approximate surface area is 166 Å². The van der Waals surface area contributed by atoms with Gasteiger partial charge in [-0.3, -0.25) is 4.79 Å². The molecule has 0 aromatic heterocycles. The number of amides is 1. The number of carbonyl (C=O) groups excluding carboxylic acids is 1. The van der Waals surface area contributed by atoms with Crippen molar-refractivity contribution < 1.29 is 4.79 Å². The van der Waals surface area contributed by atoms with Crippen molar-refractivity contribution in [2.75, 3.05) is 44.7 Å². The van der Waals surface area contributed by atoms with Crippen LogP contribution in [0.2, 0.25) is 0 Å². The summed E-state index contributed by atoms with van der Waals surface area (Å²) in [6, 6.07) is 18.0. The monoisotopic (exact) mass is 374 g/mol. The molecule has 2 aliphatic rings. The Morgan fingerprint density at radius 3 is 2.50 bits per heavy atom. The second kappa shape index (κ2) is 8.04. The van der Waals surface area contributed by atoms with Crippen molar-refractivity contribution in [1.29, 1.82) is 5.26 Å². The second-order valence-corrected chi connectivity index (χ2v) is 7.73. The van der Waals surface area contributed by atoms with Gasteiger partial charge >= 0.3 is 0 Å². The first-order chi connectivity index (χ1) is 13.7. The van der Waals surface area contributed by atoms with Crippen LogP contribution in [0.3, 0.4) is 0 Å². The summed E-state index contributed by atoms with van der Waals surface area (Å²) in [5, 5.41) is 9.33. The van der Waals surface area contributed by atoms with Crippen LogP contribution in [-0.4, -0.2) is 55.5 Å². The number of rotatable bonds is 3. The smallest absolute Gasteiger partial charge is 0.256 e. The number of hydrogen-bond donors (Lipinski definition) is 0. The van der Waals surface area contributed by atoms with Crippen LogP contribution in [0.4, 0.5) is 5.69 Å². The lowest BCUT2D eigenvalue weighted by Crippen LogP contribution is -2.49. The van der Waals surface area contributed by atoms with Crippen LogP contribution in [0.15, 0.2) is 48.5 Å². The summed E-state index contributed by atoms with van der Waals surface area (Å²) in [4.78, 5) is 20.2. The zero-order valence-corrected chi connectivity index (χ0v) is 16.3. The molecule has 0 bridgehead atoms. The minimum absolute atomic E-state index is 0.0366. The van der Waals surface area contributed by atoms with Crippen molar-refractivity contribution in [3.8, 4) is 6.07 Å². The maximum Gasteiger partial charge on any atom is 0.256 e. The summed E-state index contributed by atoms with van der Waals surface area (Å²) >= 11 is 0. The molecule has 2 fully saturated rings. The normalized spacial score (nSPS) is 20.2. The van der Waals surface area contributed by atoms with Crippen LogP contribution >= 0.6 is 0 Å². The van der Waals surface area contributed by atoms with E-state index in [9.17, 15) is 10.1 Å². The van der Waals surface area contributed by atoms with Gasteiger partial charge in [-0.15, -0.1) is 0 Å². The second-order valence-electron chi connectivity index (χ2n) is 7.73. The predicted molar refractivity (Wildman–Crippen MR) is 110 cm³/mol. The fourth-order valence-corrected chi connectivity index (χ4v) is 4.28. The fraction of sp³-hybridized carbons (Fsp3) is 0.391. The van der Waals surface area contributed by atoms with Gasteiger partial charge in [0.2, 0.25) is 0 Å². The Kier molecular flexibility index (Phi) is 5.31. The third-order valence-electron chi connectivity index (χ3n) is 5.83. The molecule has 5 nitrogen and oxygen atoms in total. The third kappa shape index (κ3) is 3.61. The molecular weight excluding hydrogens is 348 g/mol. The predicted octanol–water partition coefficient (Wildman–Crippen LogP) is 3.29. The molecule has 1 amide bonds. The minimum atomic E-state index is 0.0366. The molecule has 0 saturated carbocycles. The molecule has 144 valence electrons. The van der Waals surface area contributed by atoms with Gasteiger partial charge in [0.25, 0.3) is 5.91 Å². The number of benzene rings is 2. The molecule has 0 radical (unpaired) electrons. The Bertz CT molecular complexity index is 883. The Morgan fingerprint density at radius 1 is 1.04 bits per heavy atom. The van der Waals surface area contributed by atoms with Crippen LogP contribution in [0.5, 0.6) is 0 Å². The zero-order valence-electron chi connectivity index (χ0n) is 16.3. The zero-order chi connectivity index (χ0) is 19.5. The van der Waals surface area contributed by atoms with Gasteiger partial charge in [-0.25, -0.2) is 0 Å². The van der Waals surface area contributed by atoms with Crippen LogP contribution in [-0.2, 0) is 0 Å². The maximum absolute atomic E-state index is 13.7. The molecule has 1 unspecified atom stereocenters. The van der Waals surface area contributed by atoms with Gasteiger partial charge in [-0.1, -0.05) is 30.3 Å². The van der Waals surface area contributed by atoms with E-state index < -0.39 is 0 Å². The van der Waals surface area contributed by atoms with E-state index >= 15 is 0 Å². The number of likely N-dealkylation sites (N-methyl/N-ethyl adjacent to an activating group) is 1. The van der Waals surface area contributed by atoms with Crippen molar-refractivity contribution in [2.45, 2.75) is 18.9 Å². The lowest BCUT2D eigenvalue weighted by atomic mass is 10.00. The van der Waals surface area contributed by atoms with Crippen molar-refractivity contribution in [2.24, 2.45) is 0 Å². The van der Waals surface area contributed by atoms with Crippen LogP contribution < -0.4 is 4.90 Å². The van der Waals surface area contributed by atoms with E-state index in [-0.39, 0.29) is 11.9 Å². The maximum atomic E-state index is 13.7. The van der Waals surface area contributed by atoms with Gasteiger partial charge in [-0.2, -0.15) is 5.26 Å². The summed E-state index contributed by atoms with van der Waals surface area (Å²) in [6.45, 7) is 4.28. The largest absolute Gasteiger partial charge is 0.371 e. The summed E-state index contributed by atoms with van der Waals surface area (Å²) < 4.78 is 0. The average Bonchev–Trinajstić information content (AvgIpc) is 3.28. The van der Waals surface area contributed by atoms with E-state index in [1.165, 1.54) is 5.56 Å². The molecule has 5 heteroatoms. The number of nitrogens with zero attached hydrogens (tertiary/aromatic N) is 4. The SMILES string of the molecule is CN1CCN(C(=O)c2ccc(C#N)cc2N2CCCC2)C(c2ccccc2)C1. The van der Waals surface area contributed by atoms with Gasteiger partial charge in [0.15, 0.2) is 0 Å². The van der Waals surface area contributed by atoms with Crippen LogP contribution in [0.1, 0.15) is 40.4 Å². The van der Waals surface area contributed by atoms with Crippen LogP contribution in [0, 0.1) is 11.3 Å². The molecule has 0 spiro atoms. The molecule has 4 rings (SSSR count). The number of hydrogen-bond acceptors (Lipinski definition) is 4. The first kappa shape index (κ1) is 18.5. The highest BCUT2D eigenvalue weighted by atomic mass is 16.2. The Morgan fingerprint density at radius 2 is 1.79 bits per heavy atom. The quantitative estimate of drug-likeness (QED) is 0.827. The van der Waals surface area contributed by atoms with Gasteiger partial charge in [0.05, 0.1) is 28.9 Å². The molecule has 0 N–H and O–H groups in total. The Balaban J connectivity index is 1.70. The summed E-state index contributed by atoms with van der Waals surface area (Å²) in [6.07, 6.45) is 2.26. The van der Waals surface area contributed by atoms with E-state index in [0.717, 1.165) is 44.7 Å². The lowest BCUT2D eigenvalue weighted by Gasteiger charge is -2.41. The molecular formula is C23H26N4O. The van der Waals surface area contributed by atoms with E-state index in [0.29, 0.717) is 17.7 Å². The van der Waals surface area contributed by atoms with Gasteiger partial charge in [-0.05, 0) is 43.7 Å². The highest BCUT2D eigenvalue weighted by molar-refractivity contribution is 6.00. The average molecular weight is 374 g/mol. The van der Waals surface area contributed by atoms with E-state index in [1.54, 1.807) is 6.07 Å². The first-order valence-corrected chi connectivity index (χ1v) is 10.0. The molecule has 1 atom stereocenters. The van der Waals surface area contributed by atoms with Gasteiger partial charge in [0, 0.05) is 32.7 Å². The van der Waals surface area contributed by atoms with Gasteiger partial charge < -0.3 is 14.7 Å². The number of piperazine rings is 1. The number of carbonyl (C=O) groups is 1. The van der Waals surface area contributed by atoms with Crippen LogP contribution in [0.25, 0.3) is 0 Å². The lowest BCUT2D eigenvalue weighted by molar-refractivity contribution is 0.0498. The van der Waals surface area contributed by atoms with E-state index in [4.69, 9.17) is 0 Å². The molecule has 2 saturated heterocycles. The standard InChI is InChI=1S/C23H26N4O/c1-25-13-14-27(22(17-25)19-7-3-2-4-8-19)23(28)20-10-9-18(16-24)15-21(20)26-11-5-6-12-26/h2-4,7-10,15,22H,5-6,11-14,17H2,1H3. The molecule has 2 aromatic rings. The summed E-state index contributed by atoms with van der Waals surface area (Å²) in [5.41, 5.74) is 3.40. The molecule has 2 heterocycles. The van der Waals surface area contributed by atoms with Crippen molar-refractivity contribution in [3.05, 3.63) is 65.2 Å².